The molecule has 3 heterocycles. The number of para-hydroxylation sites is 1. The lowest BCUT2D eigenvalue weighted by Gasteiger charge is -2.23. The molecule has 0 saturated carbocycles. The highest BCUT2D eigenvalue weighted by atomic mass is 16.6. The van der Waals surface area contributed by atoms with Crippen molar-refractivity contribution in [1.29, 1.82) is 0 Å². The first-order chi connectivity index (χ1) is 14.2. The Morgan fingerprint density at radius 3 is 2.69 bits per heavy atom. The number of nitrogens with zero attached hydrogens (tertiary/aromatic N) is 3. The van der Waals surface area contributed by atoms with Crippen LogP contribution >= 0.6 is 0 Å². The Bertz CT molecular complexity index is 1070. The van der Waals surface area contributed by atoms with Crippen LogP contribution in [0.2, 0.25) is 0 Å². The molecule has 1 aromatic heterocycles. The van der Waals surface area contributed by atoms with Crippen molar-refractivity contribution in [3.05, 3.63) is 65.9 Å². The number of amides is 1. The molecule has 5 rings (SSSR count). The maximum atomic E-state index is 12.6. The molecule has 146 valence electrons. The molecule has 0 aliphatic carbocycles. The van der Waals surface area contributed by atoms with Crippen LogP contribution in [0.1, 0.15) is 23.0 Å². The lowest BCUT2D eigenvalue weighted by molar-refractivity contribution is 0.102. The number of aromatic nitrogens is 2. The molecule has 2 aliphatic heterocycles. The van der Waals surface area contributed by atoms with Crippen molar-refractivity contribution in [2.45, 2.75) is 19.4 Å². The molecule has 1 N–H and O–H groups in total. The Morgan fingerprint density at radius 2 is 1.86 bits per heavy atom. The normalized spacial score (nSPS) is 17.0. The Balaban J connectivity index is 1.33. The zero-order chi connectivity index (χ0) is 19.8. The Morgan fingerprint density at radius 1 is 1.03 bits per heavy atom. The highest BCUT2D eigenvalue weighted by Crippen LogP contribution is 2.37. The molecule has 1 amide bonds. The molecule has 2 aromatic carbocycles. The molecular formula is C22H20N4O3. The highest BCUT2D eigenvalue weighted by Gasteiger charge is 2.28. The third kappa shape index (κ3) is 3.24. The molecule has 29 heavy (non-hydrogen) atoms. The SMILES string of the molecule is CC1Cc2ccccc2N1c1ccc(C(=O)Nc2ccc3c(c2)OCCO3)nn1. The van der Waals surface area contributed by atoms with Crippen molar-refractivity contribution in [3.63, 3.8) is 0 Å². The van der Waals surface area contributed by atoms with Crippen LogP contribution in [-0.2, 0) is 6.42 Å². The Hall–Kier alpha value is -3.61. The molecule has 0 bridgehead atoms. The van der Waals surface area contributed by atoms with Gasteiger partial charge in [0.2, 0.25) is 0 Å². The fourth-order valence-corrected chi connectivity index (χ4v) is 3.81. The zero-order valence-corrected chi connectivity index (χ0v) is 16.0. The van der Waals surface area contributed by atoms with Crippen molar-refractivity contribution >= 4 is 23.1 Å². The minimum atomic E-state index is -0.324. The van der Waals surface area contributed by atoms with E-state index in [1.165, 1.54) is 5.56 Å². The van der Waals surface area contributed by atoms with Gasteiger partial charge < -0.3 is 19.7 Å². The fourth-order valence-electron chi connectivity index (χ4n) is 3.81. The number of rotatable bonds is 3. The number of ether oxygens (including phenoxy) is 2. The molecule has 1 atom stereocenters. The van der Waals surface area contributed by atoms with Gasteiger partial charge in [0, 0.05) is 23.5 Å². The molecule has 2 aliphatic rings. The Labute approximate surface area is 168 Å². The van der Waals surface area contributed by atoms with Crippen molar-refractivity contribution in [1.82, 2.24) is 10.2 Å². The second kappa shape index (κ2) is 7.09. The van der Waals surface area contributed by atoms with Gasteiger partial charge in [-0.15, -0.1) is 10.2 Å². The second-order valence-corrected chi connectivity index (χ2v) is 7.14. The number of benzene rings is 2. The molecule has 7 nitrogen and oxygen atoms in total. The number of carbonyl (C=O) groups is 1. The minimum Gasteiger partial charge on any atom is -0.486 e. The fraction of sp³-hybridized carbons (Fsp3) is 0.227. The first-order valence-electron chi connectivity index (χ1n) is 9.61. The summed E-state index contributed by atoms with van der Waals surface area (Å²) in [6, 6.07) is 17.4. The summed E-state index contributed by atoms with van der Waals surface area (Å²) in [5.74, 6) is 1.71. The number of fused-ring (bicyclic) bond motifs is 2. The van der Waals surface area contributed by atoms with E-state index in [0.717, 1.165) is 17.9 Å². The lowest BCUT2D eigenvalue weighted by atomic mass is 10.1. The average Bonchev–Trinajstić information content (AvgIpc) is 3.09. The van der Waals surface area contributed by atoms with Gasteiger partial charge in [-0.25, -0.2) is 0 Å². The van der Waals surface area contributed by atoms with Gasteiger partial charge >= 0.3 is 0 Å². The van der Waals surface area contributed by atoms with Crippen molar-refractivity contribution in [2.75, 3.05) is 23.4 Å². The number of hydrogen-bond acceptors (Lipinski definition) is 6. The highest BCUT2D eigenvalue weighted by molar-refractivity contribution is 6.03. The predicted molar refractivity (Wildman–Crippen MR) is 109 cm³/mol. The van der Waals surface area contributed by atoms with Gasteiger partial charge in [0.15, 0.2) is 23.0 Å². The first kappa shape index (κ1) is 17.5. The maximum Gasteiger partial charge on any atom is 0.276 e. The van der Waals surface area contributed by atoms with Crippen LogP contribution in [0.4, 0.5) is 17.2 Å². The van der Waals surface area contributed by atoms with Crippen LogP contribution in [0, 0.1) is 0 Å². The van der Waals surface area contributed by atoms with E-state index in [1.54, 1.807) is 24.3 Å². The Kier molecular flexibility index (Phi) is 4.27. The molecule has 0 radical (unpaired) electrons. The van der Waals surface area contributed by atoms with Crippen LogP contribution in [0.25, 0.3) is 0 Å². The number of carbonyl (C=O) groups excluding carboxylic acids is 1. The zero-order valence-electron chi connectivity index (χ0n) is 16.0. The predicted octanol–water partition coefficient (Wildman–Crippen LogP) is 3.58. The summed E-state index contributed by atoms with van der Waals surface area (Å²) >= 11 is 0. The maximum absolute atomic E-state index is 12.6. The van der Waals surface area contributed by atoms with E-state index >= 15 is 0 Å². The van der Waals surface area contributed by atoms with E-state index in [-0.39, 0.29) is 11.6 Å². The third-order valence-electron chi connectivity index (χ3n) is 5.14. The summed E-state index contributed by atoms with van der Waals surface area (Å²) in [5, 5.41) is 11.3. The van der Waals surface area contributed by atoms with Crippen LogP contribution < -0.4 is 19.7 Å². The lowest BCUT2D eigenvalue weighted by Crippen LogP contribution is -2.25. The smallest absolute Gasteiger partial charge is 0.276 e. The molecule has 3 aromatic rings. The number of nitrogens with one attached hydrogen (secondary N) is 1. The monoisotopic (exact) mass is 388 g/mol. The molecule has 7 heteroatoms. The summed E-state index contributed by atoms with van der Waals surface area (Å²) < 4.78 is 11.1. The molecule has 1 unspecified atom stereocenters. The van der Waals surface area contributed by atoms with Gasteiger partial charge in [-0.2, -0.15) is 0 Å². The first-order valence-corrected chi connectivity index (χ1v) is 9.61. The average molecular weight is 388 g/mol. The largest absolute Gasteiger partial charge is 0.486 e. The van der Waals surface area contributed by atoms with E-state index in [9.17, 15) is 4.79 Å². The van der Waals surface area contributed by atoms with Crippen LogP contribution in [0.15, 0.2) is 54.6 Å². The molecule has 0 spiro atoms. The van der Waals surface area contributed by atoms with Crippen molar-refractivity contribution in [3.8, 4) is 11.5 Å². The van der Waals surface area contributed by atoms with Gasteiger partial charge in [-0.3, -0.25) is 4.79 Å². The molecule has 0 saturated heterocycles. The van der Waals surface area contributed by atoms with E-state index < -0.39 is 0 Å². The second-order valence-electron chi connectivity index (χ2n) is 7.14. The summed E-state index contributed by atoms with van der Waals surface area (Å²) in [4.78, 5) is 14.7. The standard InChI is InChI=1S/C22H20N4O3/c1-14-12-15-4-2-3-5-18(15)26(14)21-9-7-17(24-25-21)22(27)23-16-6-8-19-20(13-16)29-11-10-28-19/h2-9,13-14H,10-12H2,1H3,(H,23,27). The summed E-state index contributed by atoms with van der Waals surface area (Å²) in [7, 11) is 0. The van der Waals surface area contributed by atoms with Crippen molar-refractivity contribution < 1.29 is 14.3 Å². The van der Waals surface area contributed by atoms with E-state index in [2.05, 4.69) is 39.5 Å². The topological polar surface area (TPSA) is 76.6 Å². The molecule has 0 fully saturated rings. The minimum absolute atomic E-state index is 0.253. The summed E-state index contributed by atoms with van der Waals surface area (Å²) in [6.07, 6.45) is 0.963. The number of anilines is 3. The summed E-state index contributed by atoms with van der Waals surface area (Å²) in [5.41, 5.74) is 3.31. The van der Waals surface area contributed by atoms with Gasteiger partial charge in [0.05, 0.1) is 0 Å². The van der Waals surface area contributed by atoms with E-state index in [1.807, 2.05) is 18.2 Å². The van der Waals surface area contributed by atoms with Crippen LogP contribution in [0.3, 0.4) is 0 Å². The van der Waals surface area contributed by atoms with E-state index in [4.69, 9.17) is 9.47 Å². The van der Waals surface area contributed by atoms with Gasteiger partial charge in [-0.05, 0) is 49.2 Å². The van der Waals surface area contributed by atoms with Crippen LogP contribution in [0.5, 0.6) is 11.5 Å². The van der Waals surface area contributed by atoms with Crippen molar-refractivity contribution in [2.24, 2.45) is 0 Å². The van der Waals surface area contributed by atoms with Gasteiger partial charge in [0.1, 0.15) is 13.2 Å². The van der Waals surface area contributed by atoms with E-state index in [0.29, 0.717) is 36.4 Å². The quantitative estimate of drug-likeness (QED) is 0.739. The molecular weight excluding hydrogens is 368 g/mol. The van der Waals surface area contributed by atoms with Gasteiger partial charge in [-0.1, -0.05) is 18.2 Å². The van der Waals surface area contributed by atoms with Crippen LogP contribution in [-0.4, -0.2) is 35.4 Å². The summed E-state index contributed by atoms with van der Waals surface area (Å²) in [6.45, 7) is 3.18. The third-order valence-corrected chi connectivity index (χ3v) is 5.14. The number of hydrogen-bond donors (Lipinski definition) is 1. The van der Waals surface area contributed by atoms with Gasteiger partial charge in [0.25, 0.3) is 5.91 Å².